The lowest BCUT2D eigenvalue weighted by Crippen LogP contribution is -2.50. The molecule has 3 fully saturated rings. The molecule has 9 heavy (non-hydrogen) atoms. The molecule has 3 aliphatic rings. The highest BCUT2D eigenvalue weighted by molar-refractivity contribution is 4.96. The van der Waals surface area contributed by atoms with Crippen LogP contribution in [0.5, 0.6) is 0 Å². The first-order valence-corrected chi connectivity index (χ1v) is 3.04. The maximum atomic E-state index is 5.18. The van der Waals surface area contributed by atoms with Gasteiger partial charge in [-0.1, -0.05) is 0 Å². The smallest absolute Gasteiger partial charge is 0.279 e. The van der Waals surface area contributed by atoms with Crippen molar-refractivity contribution in [1.29, 1.82) is 0 Å². The quantitative estimate of drug-likeness (QED) is 0.471. The van der Waals surface area contributed by atoms with E-state index in [2.05, 4.69) is 0 Å². The molecular formula is C6H9O3. The fraction of sp³-hybridized carbons (Fsp3) is 0.833. The van der Waals surface area contributed by atoms with Gasteiger partial charge in [0.15, 0.2) is 0 Å². The molecule has 1 radical (unpaired) electrons. The first kappa shape index (κ1) is 5.65. The van der Waals surface area contributed by atoms with E-state index in [1.54, 1.807) is 6.92 Å². The van der Waals surface area contributed by atoms with Gasteiger partial charge in [0.05, 0.1) is 25.7 Å². The number of hydrogen-bond acceptors (Lipinski definition) is 3. The minimum atomic E-state index is -0.734. The Bertz CT molecular complexity index is 102. The summed E-state index contributed by atoms with van der Waals surface area (Å²) in [5, 5.41) is 0. The highest BCUT2D eigenvalue weighted by atomic mass is 16.9. The van der Waals surface area contributed by atoms with Crippen LogP contribution in [0.15, 0.2) is 0 Å². The van der Waals surface area contributed by atoms with E-state index >= 15 is 0 Å². The molecule has 3 nitrogen and oxygen atoms in total. The van der Waals surface area contributed by atoms with Crippen molar-refractivity contribution in [3.63, 3.8) is 0 Å². The molecule has 0 spiro atoms. The van der Waals surface area contributed by atoms with Gasteiger partial charge >= 0.3 is 0 Å². The van der Waals surface area contributed by atoms with E-state index in [1.807, 2.05) is 0 Å². The Labute approximate surface area is 53.9 Å². The summed E-state index contributed by atoms with van der Waals surface area (Å²) in [5.74, 6) is 0.459. The van der Waals surface area contributed by atoms with Crippen LogP contribution in [0.25, 0.3) is 0 Å². The molecule has 0 aliphatic carbocycles. The molecule has 3 rings (SSSR count). The van der Waals surface area contributed by atoms with Crippen LogP contribution in [-0.2, 0) is 14.2 Å². The Morgan fingerprint density at radius 1 is 1.11 bits per heavy atom. The molecule has 3 aliphatic heterocycles. The van der Waals surface area contributed by atoms with Gasteiger partial charge in [-0.25, -0.2) is 0 Å². The monoisotopic (exact) mass is 129 g/mol. The molecule has 0 aromatic carbocycles. The summed E-state index contributed by atoms with van der Waals surface area (Å²) in [6.45, 7) is 3.91. The van der Waals surface area contributed by atoms with Crippen LogP contribution in [0.3, 0.4) is 0 Å². The van der Waals surface area contributed by atoms with Gasteiger partial charge in [0.25, 0.3) is 5.97 Å². The van der Waals surface area contributed by atoms with Gasteiger partial charge in [-0.3, -0.25) is 0 Å². The summed E-state index contributed by atoms with van der Waals surface area (Å²) >= 11 is 0. The Balaban J connectivity index is 2.11. The third-order valence-corrected chi connectivity index (χ3v) is 1.62. The van der Waals surface area contributed by atoms with Crippen molar-refractivity contribution in [2.75, 3.05) is 19.8 Å². The lowest BCUT2D eigenvalue weighted by atomic mass is 10.1. The zero-order valence-corrected chi connectivity index (χ0v) is 5.35. The van der Waals surface area contributed by atoms with Crippen molar-refractivity contribution in [2.45, 2.75) is 12.9 Å². The largest absolute Gasteiger partial charge is 0.327 e. The average Bonchev–Trinajstić information content (AvgIpc) is 1.90. The summed E-state index contributed by atoms with van der Waals surface area (Å²) < 4.78 is 15.5. The molecule has 0 saturated carbocycles. The summed E-state index contributed by atoms with van der Waals surface area (Å²) in [4.78, 5) is 0. The first-order valence-electron chi connectivity index (χ1n) is 3.04. The van der Waals surface area contributed by atoms with Crippen LogP contribution in [-0.4, -0.2) is 25.8 Å². The van der Waals surface area contributed by atoms with Crippen LogP contribution in [0, 0.1) is 5.92 Å². The van der Waals surface area contributed by atoms with Crippen molar-refractivity contribution in [1.82, 2.24) is 0 Å². The van der Waals surface area contributed by atoms with Gasteiger partial charge < -0.3 is 14.2 Å². The first-order chi connectivity index (χ1) is 4.29. The molecule has 51 valence electrons. The van der Waals surface area contributed by atoms with Crippen molar-refractivity contribution in [2.24, 2.45) is 0 Å². The predicted molar refractivity (Wildman–Crippen MR) is 29.5 cm³/mol. The summed E-state index contributed by atoms with van der Waals surface area (Å²) in [5.41, 5.74) is 0. The third-order valence-electron chi connectivity index (χ3n) is 1.62. The number of hydrogen-bond donors (Lipinski definition) is 0. The fourth-order valence-electron chi connectivity index (χ4n) is 0.949. The lowest BCUT2D eigenvalue weighted by molar-refractivity contribution is -0.411. The zero-order valence-electron chi connectivity index (χ0n) is 5.35. The SMILES string of the molecule is CC12OC[C](CO1)CO2. The van der Waals surface area contributed by atoms with E-state index in [4.69, 9.17) is 14.2 Å². The van der Waals surface area contributed by atoms with Gasteiger partial charge in [-0.05, 0) is 0 Å². The lowest BCUT2D eigenvalue weighted by Gasteiger charge is -2.42. The summed E-state index contributed by atoms with van der Waals surface area (Å²) in [6, 6.07) is 0. The van der Waals surface area contributed by atoms with Crippen LogP contribution >= 0.6 is 0 Å². The summed E-state index contributed by atoms with van der Waals surface area (Å²) in [7, 11) is 0. The fourth-order valence-corrected chi connectivity index (χ4v) is 0.949. The summed E-state index contributed by atoms with van der Waals surface area (Å²) in [6.07, 6.45) is 0. The molecule has 0 unspecified atom stereocenters. The maximum absolute atomic E-state index is 5.18. The molecule has 2 bridgehead atoms. The molecule has 0 amide bonds. The van der Waals surface area contributed by atoms with Gasteiger partial charge in [0.1, 0.15) is 0 Å². The number of ether oxygens (including phenoxy) is 3. The Morgan fingerprint density at radius 2 is 1.56 bits per heavy atom. The maximum Gasteiger partial charge on any atom is 0.279 e. The highest BCUT2D eigenvalue weighted by Crippen LogP contribution is 2.30. The third kappa shape index (κ3) is 0.852. The highest BCUT2D eigenvalue weighted by Gasteiger charge is 2.40. The predicted octanol–water partition coefficient (Wildman–Crippen LogP) is 0.312. The standard InChI is InChI=1S/C6H9O3/c1-6-7-2-5(3-8-6)4-9-6/h2-4H2,1H3. The van der Waals surface area contributed by atoms with Crippen LogP contribution in [0.1, 0.15) is 6.92 Å². The van der Waals surface area contributed by atoms with Crippen LogP contribution in [0.4, 0.5) is 0 Å². The van der Waals surface area contributed by atoms with Crippen molar-refractivity contribution in [3.05, 3.63) is 5.92 Å². The van der Waals surface area contributed by atoms with Gasteiger partial charge in [0, 0.05) is 6.92 Å². The van der Waals surface area contributed by atoms with E-state index < -0.39 is 5.97 Å². The zero-order chi connectivity index (χ0) is 6.32. The van der Waals surface area contributed by atoms with E-state index in [9.17, 15) is 0 Å². The minimum Gasteiger partial charge on any atom is -0.327 e. The van der Waals surface area contributed by atoms with E-state index in [-0.39, 0.29) is 0 Å². The average molecular weight is 129 g/mol. The molecule has 3 heteroatoms. The van der Waals surface area contributed by atoms with E-state index in [0.29, 0.717) is 19.8 Å². The second-order valence-corrected chi connectivity index (χ2v) is 2.48. The van der Waals surface area contributed by atoms with Crippen LogP contribution < -0.4 is 0 Å². The van der Waals surface area contributed by atoms with E-state index in [0.717, 1.165) is 0 Å². The molecule has 0 aromatic rings. The van der Waals surface area contributed by atoms with Crippen LogP contribution in [0.2, 0.25) is 0 Å². The van der Waals surface area contributed by atoms with Crippen molar-refractivity contribution >= 4 is 0 Å². The Hall–Kier alpha value is -0.120. The Kier molecular flexibility index (Phi) is 1.06. The normalized spacial score (nSPS) is 33.0. The molecule has 3 heterocycles. The minimum absolute atomic E-state index is 0.705. The molecule has 0 atom stereocenters. The Morgan fingerprint density at radius 3 is 1.78 bits per heavy atom. The number of rotatable bonds is 0. The van der Waals surface area contributed by atoms with E-state index in [1.165, 1.54) is 5.92 Å². The van der Waals surface area contributed by atoms with Crippen molar-refractivity contribution in [3.8, 4) is 0 Å². The van der Waals surface area contributed by atoms with Gasteiger partial charge in [0.2, 0.25) is 0 Å². The van der Waals surface area contributed by atoms with Gasteiger partial charge in [-0.15, -0.1) is 0 Å². The topological polar surface area (TPSA) is 27.7 Å². The molecule has 0 N–H and O–H groups in total. The second-order valence-electron chi connectivity index (χ2n) is 2.48. The second kappa shape index (κ2) is 1.68. The number of fused-ring (bicyclic) bond motifs is 3. The molecule has 3 saturated heterocycles. The van der Waals surface area contributed by atoms with Gasteiger partial charge in [-0.2, -0.15) is 0 Å². The van der Waals surface area contributed by atoms with Crippen molar-refractivity contribution < 1.29 is 14.2 Å². The molecule has 0 aromatic heterocycles. The molecular weight excluding hydrogens is 120 g/mol.